The lowest BCUT2D eigenvalue weighted by atomic mass is 10.2. The number of nitrogens with one attached hydrogen (secondary N) is 1. The van der Waals surface area contributed by atoms with E-state index >= 15 is 0 Å². The van der Waals surface area contributed by atoms with Gasteiger partial charge in [0, 0.05) is 12.1 Å². The van der Waals surface area contributed by atoms with Gasteiger partial charge in [-0.05, 0) is 18.2 Å². The molecule has 96 valence electrons. The van der Waals surface area contributed by atoms with Crippen molar-refractivity contribution < 1.29 is 17.9 Å². The van der Waals surface area contributed by atoms with Crippen molar-refractivity contribution in [2.45, 2.75) is 19.7 Å². The molecule has 1 N–H and O–H groups in total. The van der Waals surface area contributed by atoms with Crippen LogP contribution < -0.4 is 10.1 Å². The normalized spacial score (nSPS) is 10.8. The molecule has 0 amide bonds. The van der Waals surface area contributed by atoms with E-state index in [2.05, 4.69) is 10.1 Å². The van der Waals surface area contributed by atoms with E-state index in [1.807, 2.05) is 6.07 Å². The Morgan fingerprint density at radius 2 is 1.94 bits per heavy atom. The van der Waals surface area contributed by atoms with Gasteiger partial charge in [0.2, 0.25) is 0 Å². The van der Waals surface area contributed by atoms with E-state index in [1.54, 1.807) is 30.5 Å². The molecule has 0 fully saturated rings. The maximum absolute atomic E-state index is 12.2. The van der Waals surface area contributed by atoms with Crippen LogP contribution in [-0.2, 0) is 13.1 Å². The molecular formula is C13H13F2NO2. The molecule has 0 unspecified atom stereocenters. The number of hydrogen-bond acceptors (Lipinski definition) is 3. The van der Waals surface area contributed by atoms with Crippen LogP contribution in [0.25, 0.3) is 0 Å². The second kappa shape index (κ2) is 6.16. The predicted octanol–water partition coefficient (Wildman–Crippen LogP) is 3.17. The summed E-state index contributed by atoms with van der Waals surface area (Å²) in [6.07, 6.45) is 1.59. The minimum Gasteiger partial charge on any atom is -0.468 e. The zero-order valence-electron chi connectivity index (χ0n) is 9.61. The van der Waals surface area contributed by atoms with Crippen molar-refractivity contribution in [1.29, 1.82) is 0 Å². The van der Waals surface area contributed by atoms with Gasteiger partial charge in [-0.2, -0.15) is 8.78 Å². The Morgan fingerprint density at radius 1 is 1.11 bits per heavy atom. The number of benzene rings is 1. The van der Waals surface area contributed by atoms with Gasteiger partial charge in [-0.15, -0.1) is 0 Å². The fraction of sp³-hybridized carbons (Fsp3) is 0.231. The second-order valence-electron chi connectivity index (χ2n) is 3.67. The summed E-state index contributed by atoms with van der Waals surface area (Å²) in [6.45, 7) is -1.84. The Bertz CT molecular complexity index is 472. The topological polar surface area (TPSA) is 34.4 Å². The van der Waals surface area contributed by atoms with Crippen molar-refractivity contribution in [1.82, 2.24) is 5.32 Å². The number of ether oxygens (including phenoxy) is 1. The number of furan rings is 1. The molecule has 0 aliphatic rings. The van der Waals surface area contributed by atoms with E-state index in [0.717, 1.165) is 5.76 Å². The first kappa shape index (κ1) is 12.6. The summed E-state index contributed by atoms with van der Waals surface area (Å²) in [5.41, 5.74) is 0.685. The fourth-order valence-corrected chi connectivity index (χ4v) is 1.59. The minimum atomic E-state index is -2.81. The van der Waals surface area contributed by atoms with Crippen molar-refractivity contribution >= 4 is 0 Å². The summed E-state index contributed by atoms with van der Waals surface area (Å²) in [6, 6.07) is 10.3. The molecule has 2 rings (SSSR count). The third kappa shape index (κ3) is 3.56. The van der Waals surface area contributed by atoms with Crippen LogP contribution in [0.3, 0.4) is 0 Å². The number of hydrogen-bond donors (Lipinski definition) is 1. The molecule has 18 heavy (non-hydrogen) atoms. The average Bonchev–Trinajstić information content (AvgIpc) is 2.84. The van der Waals surface area contributed by atoms with Gasteiger partial charge >= 0.3 is 6.61 Å². The Labute approximate surface area is 103 Å². The molecule has 5 heteroatoms. The Morgan fingerprint density at radius 3 is 2.67 bits per heavy atom. The third-order valence-corrected chi connectivity index (χ3v) is 2.38. The molecule has 1 heterocycles. The van der Waals surface area contributed by atoms with E-state index in [9.17, 15) is 8.78 Å². The Kier molecular flexibility index (Phi) is 4.30. The lowest BCUT2D eigenvalue weighted by molar-refractivity contribution is -0.0505. The lowest BCUT2D eigenvalue weighted by Gasteiger charge is -2.10. The molecule has 0 aliphatic heterocycles. The summed E-state index contributed by atoms with van der Waals surface area (Å²) in [4.78, 5) is 0. The molecule has 0 bridgehead atoms. The van der Waals surface area contributed by atoms with E-state index < -0.39 is 6.61 Å². The smallest absolute Gasteiger partial charge is 0.387 e. The molecule has 0 radical (unpaired) electrons. The highest BCUT2D eigenvalue weighted by molar-refractivity contribution is 5.33. The molecule has 3 nitrogen and oxygen atoms in total. The van der Waals surface area contributed by atoms with Gasteiger partial charge in [-0.3, -0.25) is 0 Å². The average molecular weight is 253 g/mol. The summed E-state index contributed by atoms with van der Waals surface area (Å²) in [5.74, 6) is 0.988. The van der Waals surface area contributed by atoms with Crippen molar-refractivity contribution in [3.63, 3.8) is 0 Å². The van der Waals surface area contributed by atoms with Crippen molar-refractivity contribution in [2.75, 3.05) is 0 Å². The highest BCUT2D eigenvalue weighted by Gasteiger charge is 2.08. The van der Waals surface area contributed by atoms with Gasteiger partial charge in [-0.25, -0.2) is 0 Å². The van der Waals surface area contributed by atoms with Crippen LogP contribution in [0.2, 0.25) is 0 Å². The minimum absolute atomic E-state index is 0.194. The zero-order valence-corrected chi connectivity index (χ0v) is 9.61. The zero-order chi connectivity index (χ0) is 12.8. The number of para-hydroxylation sites is 1. The first-order valence-corrected chi connectivity index (χ1v) is 5.51. The SMILES string of the molecule is FC(F)Oc1ccccc1CNCc1ccco1. The standard InChI is InChI=1S/C13H13F2NO2/c14-13(15)18-12-6-2-1-4-10(12)8-16-9-11-5-3-7-17-11/h1-7,13,16H,8-9H2. The monoisotopic (exact) mass is 253 g/mol. The summed E-state index contributed by atoms with van der Waals surface area (Å²) in [7, 11) is 0. The molecule has 1 aromatic carbocycles. The number of halogens is 2. The molecule has 0 aliphatic carbocycles. The molecule has 0 saturated carbocycles. The van der Waals surface area contributed by atoms with Crippen molar-refractivity contribution in [3.8, 4) is 5.75 Å². The van der Waals surface area contributed by atoms with Gasteiger partial charge < -0.3 is 14.5 Å². The van der Waals surface area contributed by atoms with Crippen LogP contribution in [0, 0.1) is 0 Å². The first-order valence-electron chi connectivity index (χ1n) is 5.51. The molecule has 0 saturated heterocycles. The number of rotatable bonds is 6. The summed E-state index contributed by atoms with van der Waals surface area (Å²) < 4.78 is 34.0. The second-order valence-corrected chi connectivity index (χ2v) is 3.67. The summed E-state index contributed by atoms with van der Waals surface area (Å²) in [5, 5.41) is 3.10. The maximum atomic E-state index is 12.2. The van der Waals surface area contributed by atoms with Gasteiger partial charge in [0.15, 0.2) is 0 Å². The van der Waals surface area contributed by atoms with Crippen LogP contribution in [0.4, 0.5) is 8.78 Å². The Balaban J connectivity index is 1.92. The Hall–Kier alpha value is -1.88. The van der Waals surface area contributed by atoms with E-state index in [-0.39, 0.29) is 5.75 Å². The summed E-state index contributed by atoms with van der Waals surface area (Å²) >= 11 is 0. The quantitative estimate of drug-likeness (QED) is 0.858. The maximum Gasteiger partial charge on any atom is 0.387 e. The molecule has 2 aromatic rings. The van der Waals surface area contributed by atoms with E-state index in [4.69, 9.17) is 4.42 Å². The third-order valence-electron chi connectivity index (χ3n) is 2.38. The molecular weight excluding hydrogens is 240 g/mol. The predicted molar refractivity (Wildman–Crippen MR) is 62.3 cm³/mol. The van der Waals surface area contributed by atoms with Crippen LogP contribution in [0.15, 0.2) is 47.1 Å². The van der Waals surface area contributed by atoms with Crippen LogP contribution in [0.1, 0.15) is 11.3 Å². The van der Waals surface area contributed by atoms with Gasteiger partial charge in [0.1, 0.15) is 11.5 Å². The largest absolute Gasteiger partial charge is 0.468 e. The first-order chi connectivity index (χ1) is 8.75. The molecule has 1 aromatic heterocycles. The van der Waals surface area contributed by atoms with E-state index in [1.165, 1.54) is 6.07 Å². The lowest BCUT2D eigenvalue weighted by Crippen LogP contribution is -2.14. The molecule has 0 atom stereocenters. The van der Waals surface area contributed by atoms with Crippen molar-refractivity contribution in [3.05, 3.63) is 54.0 Å². The highest BCUT2D eigenvalue weighted by Crippen LogP contribution is 2.20. The highest BCUT2D eigenvalue weighted by atomic mass is 19.3. The van der Waals surface area contributed by atoms with E-state index in [0.29, 0.717) is 18.7 Å². The van der Waals surface area contributed by atoms with Gasteiger partial charge in [0.05, 0.1) is 12.8 Å². The van der Waals surface area contributed by atoms with Gasteiger partial charge in [0.25, 0.3) is 0 Å². The van der Waals surface area contributed by atoms with Crippen LogP contribution in [0.5, 0.6) is 5.75 Å². The number of alkyl halides is 2. The van der Waals surface area contributed by atoms with Gasteiger partial charge in [-0.1, -0.05) is 18.2 Å². The molecule has 0 spiro atoms. The van der Waals surface area contributed by atoms with Crippen LogP contribution in [-0.4, -0.2) is 6.61 Å². The van der Waals surface area contributed by atoms with Crippen LogP contribution >= 0.6 is 0 Å². The van der Waals surface area contributed by atoms with Crippen molar-refractivity contribution in [2.24, 2.45) is 0 Å². The fourth-order valence-electron chi connectivity index (χ4n) is 1.59.